The van der Waals surface area contributed by atoms with Gasteiger partial charge in [-0.2, -0.15) is 0 Å². The van der Waals surface area contributed by atoms with Gasteiger partial charge in [0, 0.05) is 18.0 Å². The maximum absolute atomic E-state index is 6.09. The number of hydrogen-bond acceptors (Lipinski definition) is 2. The van der Waals surface area contributed by atoms with E-state index in [1.54, 1.807) is 0 Å². The third-order valence-corrected chi connectivity index (χ3v) is 2.74. The first-order valence-electron chi connectivity index (χ1n) is 5.32. The molecule has 2 rings (SSSR count). The van der Waals surface area contributed by atoms with Crippen molar-refractivity contribution in [3.63, 3.8) is 0 Å². The zero-order valence-corrected chi connectivity index (χ0v) is 8.57. The first kappa shape index (κ1) is 9.53. The van der Waals surface area contributed by atoms with Crippen molar-refractivity contribution in [2.45, 2.75) is 38.3 Å². The minimum absolute atomic E-state index is 0.150. The van der Waals surface area contributed by atoms with E-state index >= 15 is 0 Å². The van der Waals surface area contributed by atoms with Crippen LogP contribution in [0, 0.1) is 0 Å². The van der Waals surface area contributed by atoms with Crippen molar-refractivity contribution in [3.05, 3.63) is 29.8 Å². The van der Waals surface area contributed by atoms with Gasteiger partial charge in [-0.1, -0.05) is 31.5 Å². The topological polar surface area (TPSA) is 35.2 Å². The standard InChI is InChI=1S/C12H17NO/c1-2-5-9-8-11(13)10-6-3-4-7-12(10)14-9/h3-4,6-7,9,11H,2,5,8,13H2,1H3/t9?,11-/m1/s1. The molecule has 1 aliphatic rings. The lowest BCUT2D eigenvalue weighted by Crippen LogP contribution is -2.29. The molecule has 0 saturated carbocycles. The fourth-order valence-corrected chi connectivity index (χ4v) is 2.03. The van der Waals surface area contributed by atoms with E-state index in [0.717, 1.165) is 30.6 Å². The third kappa shape index (κ3) is 1.75. The van der Waals surface area contributed by atoms with Crippen LogP contribution in [0.25, 0.3) is 0 Å². The minimum Gasteiger partial charge on any atom is -0.490 e. The van der Waals surface area contributed by atoms with Gasteiger partial charge in [-0.05, 0) is 12.5 Å². The smallest absolute Gasteiger partial charge is 0.124 e. The molecule has 14 heavy (non-hydrogen) atoms. The molecule has 1 heterocycles. The van der Waals surface area contributed by atoms with Gasteiger partial charge in [-0.3, -0.25) is 0 Å². The fraction of sp³-hybridized carbons (Fsp3) is 0.500. The van der Waals surface area contributed by atoms with E-state index in [1.807, 2.05) is 18.2 Å². The van der Waals surface area contributed by atoms with Gasteiger partial charge in [0.2, 0.25) is 0 Å². The Kier molecular flexibility index (Phi) is 2.73. The monoisotopic (exact) mass is 191 g/mol. The highest BCUT2D eigenvalue weighted by molar-refractivity contribution is 5.37. The number of hydrogen-bond donors (Lipinski definition) is 1. The average molecular weight is 191 g/mol. The van der Waals surface area contributed by atoms with Gasteiger partial charge in [0.05, 0.1) is 0 Å². The number of ether oxygens (including phenoxy) is 1. The number of benzene rings is 1. The summed E-state index contributed by atoms with van der Waals surface area (Å²) in [4.78, 5) is 0. The van der Waals surface area contributed by atoms with Crippen LogP contribution in [0.15, 0.2) is 24.3 Å². The quantitative estimate of drug-likeness (QED) is 0.780. The maximum Gasteiger partial charge on any atom is 0.124 e. The molecule has 0 amide bonds. The van der Waals surface area contributed by atoms with Crippen LogP contribution in [0.3, 0.4) is 0 Å². The third-order valence-electron chi connectivity index (χ3n) is 2.74. The normalized spacial score (nSPS) is 25.3. The Morgan fingerprint density at radius 3 is 3.00 bits per heavy atom. The summed E-state index contributed by atoms with van der Waals surface area (Å²) in [5.74, 6) is 0.977. The van der Waals surface area contributed by atoms with Crippen LogP contribution in [0.2, 0.25) is 0 Å². The Morgan fingerprint density at radius 2 is 2.21 bits per heavy atom. The van der Waals surface area contributed by atoms with E-state index in [2.05, 4.69) is 13.0 Å². The van der Waals surface area contributed by atoms with E-state index in [9.17, 15) is 0 Å². The van der Waals surface area contributed by atoms with Crippen molar-refractivity contribution in [1.29, 1.82) is 0 Å². The first-order valence-corrected chi connectivity index (χ1v) is 5.32. The van der Waals surface area contributed by atoms with Crippen LogP contribution in [0.4, 0.5) is 0 Å². The van der Waals surface area contributed by atoms with Crippen molar-refractivity contribution < 1.29 is 4.74 Å². The number of rotatable bonds is 2. The molecule has 0 fully saturated rings. The zero-order valence-electron chi connectivity index (χ0n) is 8.57. The summed E-state index contributed by atoms with van der Waals surface area (Å²) in [6.07, 6.45) is 3.51. The molecule has 0 aliphatic carbocycles. The fourth-order valence-electron chi connectivity index (χ4n) is 2.03. The van der Waals surface area contributed by atoms with Crippen molar-refractivity contribution in [2.24, 2.45) is 5.73 Å². The van der Waals surface area contributed by atoms with Crippen LogP contribution in [0.5, 0.6) is 5.75 Å². The molecule has 1 aromatic carbocycles. The van der Waals surface area contributed by atoms with Crippen LogP contribution >= 0.6 is 0 Å². The van der Waals surface area contributed by atoms with Crippen molar-refractivity contribution in [1.82, 2.24) is 0 Å². The van der Waals surface area contributed by atoms with Gasteiger partial charge in [-0.15, -0.1) is 0 Å². The molecule has 0 spiro atoms. The molecule has 76 valence electrons. The van der Waals surface area contributed by atoms with Gasteiger partial charge >= 0.3 is 0 Å². The number of fused-ring (bicyclic) bond motifs is 1. The molecular weight excluding hydrogens is 174 g/mol. The summed E-state index contributed by atoms with van der Waals surface area (Å²) >= 11 is 0. The molecule has 0 radical (unpaired) electrons. The summed E-state index contributed by atoms with van der Waals surface area (Å²) in [6, 6.07) is 8.23. The molecule has 1 unspecified atom stereocenters. The summed E-state index contributed by atoms with van der Waals surface area (Å²) < 4.78 is 5.86. The number of para-hydroxylation sites is 1. The largest absolute Gasteiger partial charge is 0.490 e. The average Bonchev–Trinajstić information content (AvgIpc) is 2.18. The van der Waals surface area contributed by atoms with Crippen LogP contribution < -0.4 is 10.5 Å². The predicted octanol–water partition coefficient (Wildman–Crippen LogP) is 2.64. The van der Waals surface area contributed by atoms with E-state index in [1.165, 1.54) is 0 Å². The van der Waals surface area contributed by atoms with Gasteiger partial charge in [-0.25, -0.2) is 0 Å². The van der Waals surface area contributed by atoms with Gasteiger partial charge < -0.3 is 10.5 Å². The first-order chi connectivity index (χ1) is 6.81. The summed E-state index contributed by atoms with van der Waals surface area (Å²) in [6.45, 7) is 2.18. The molecule has 2 nitrogen and oxygen atoms in total. The van der Waals surface area contributed by atoms with E-state index in [0.29, 0.717) is 6.10 Å². The molecular formula is C12H17NO. The Balaban J connectivity index is 2.20. The molecule has 1 aromatic rings. The lowest BCUT2D eigenvalue weighted by Gasteiger charge is -2.30. The van der Waals surface area contributed by atoms with Gasteiger partial charge in [0.1, 0.15) is 11.9 Å². The highest BCUT2D eigenvalue weighted by Gasteiger charge is 2.24. The molecule has 0 aromatic heterocycles. The predicted molar refractivity (Wildman–Crippen MR) is 57.3 cm³/mol. The lowest BCUT2D eigenvalue weighted by molar-refractivity contribution is 0.149. The highest BCUT2D eigenvalue weighted by atomic mass is 16.5. The van der Waals surface area contributed by atoms with Crippen molar-refractivity contribution in [2.75, 3.05) is 0 Å². The second-order valence-electron chi connectivity index (χ2n) is 3.91. The summed E-state index contributed by atoms with van der Waals surface area (Å²) in [5, 5.41) is 0. The Bertz CT molecular complexity index is 311. The van der Waals surface area contributed by atoms with Gasteiger partial charge in [0.15, 0.2) is 0 Å². The molecule has 2 atom stereocenters. The molecule has 2 N–H and O–H groups in total. The zero-order chi connectivity index (χ0) is 9.97. The van der Waals surface area contributed by atoms with E-state index in [4.69, 9.17) is 10.5 Å². The van der Waals surface area contributed by atoms with Crippen LogP contribution in [0.1, 0.15) is 37.8 Å². The maximum atomic E-state index is 6.09. The van der Waals surface area contributed by atoms with E-state index < -0.39 is 0 Å². The summed E-state index contributed by atoms with van der Waals surface area (Å²) in [7, 11) is 0. The molecule has 0 bridgehead atoms. The Hall–Kier alpha value is -1.02. The molecule has 2 heteroatoms. The van der Waals surface area contributed by atoms with E-state index in [-0.39, 0.29) is 6.04 Å². The second kappa shape index (κ2) is 4.01. The van der Waals surface area contributed by atoms with Crippen molar-refractivity contribution in [3.8, 4) is 5.75 Å². The molecule has 0 saturated heterocycles. The Morgan fingerprint density at radius 1 is 1.43 bits per heavy atom. The number of nitrogens with two attached hydrogens (primary N) is 1. The summed E-state index contributed by atoms with van der Waals surface area (Å²) in [5.41, 5.74) is 7.24. The Labute approximate surface area is 85.1 Å². The second-order valence-corrected chi connectivity index (χ2v) is 3.91. The molecule has 1 aliphatic heterocycles. The van der Waals surface area contributed by atoms with Crippen molar-refractivity contribution >= 4 is 0 Å². The van der Waals surface area contributed by atoms with Crippen LogP contribution in [-0.4, -0.2) is 6.10 Å². The SMILES string of the molecule is CCCC1C[C@@H](N)c2ccccc2O1. The lowest BCUT2D eigenvalue weighted by atomic mass is 9.95. The van der Waals surface area contributed by atoms with Crippen LogP contribution in [-0.2, 0) is 0 Å². The minimum atomic E-state index is 0.150. The van der Waals surface area contributed by atoms with Gasteiger partial charge in [0.25, 0.3) is 0 Å². The highest BCUT2D eigenvalue weighted by Crippen LogP contribution is 2.34.